The van der Waals surface area contributed by atoms with Crippen molar-refractivity contribution >= 4 is 29.3 Å². The van der Waals surface area contributed by atoms with Crippen molar-refractivity contribution in [3.05, 3.63) is 101 Å². The second kappa shape index (κ2) is 9.81. The minimum atomic E-state index is -0.361. The lowest BCUT2D eigenvalue weighted by molar-refractivity contribution is -0.132. The van der Waals surface area contributed by atoms with Gasteiger partial charge in [-0.25, -0.2) is 0 Å². The van der Waals surface area contributed by atoms with E-state index in [1.807, 2.05) is 83.8 Å². The van der Waals surface area contributed by atoms with Crippen molar-refractivity contribution in [2.45, 2.75) is 35.6 Å². The fraction of sp³-hybridized carbons (Fsp3) is 0.192. The molecular weight excluding hydrogens is 454 g/mol. The van der Waals surface area contributed by atoms with Gasteiger partial charge in [-0.1, -0.05) is 72.3 Å². The molecule has 1 saturated carbocycles. The zero-order chi connectivity index (χ0) is 22.6. The van der Waals surface area contributed by atoms with Crippen molar-refractivity contribution < 1.29 is 9.21 Å². The lowest BCUT2D eigenvalue weighted by atomic mass is 10.1. The summed E-state index contributed by atoms with van der Waals surface area (Å²) < 4.78 is 5.91. The maximum atomic E-state index is 13.9. The molecule has 0 bridgehead atoms. The summed E-state index contributed by atoms with van der Waals surface area (Å²) in [5.41, 5.74) is 1.66. The molecule has 5 rings (SSSR count). The van der Waals surface area contributed by atoms with Gasteiger partial charge in [-0.05, 0) is 42.7 Å². The number of aromatic nitrogens is 2. The molecule has 1 amide bonds. The molecular formula is C26H22ClN3O2S. The van der Waals surface area contributed by atoms with Crippen LogP contribution in [0.4, 0.5) is 0 Å². The van der Waals surface area contributed by atoms with E-state index in [4.69, 9.17) is 16.0 Å². The lowest BCUT2D eigenvalue weighted by Crippen LogP contribution is -2.35. The van der Waals surface area contributed by atoms with Crippen LogP contribution in [0.1, 0.15) is 29.5 Å². The molecule has 0 N–H and O–H groups in total. The van der Waals surface area contributed by atoms with Crippen LogP contribution in [0.15, 0.2) is 94.2 Å². The van der Waals surface area contributed by atoms with Crippen LogP contribution in [-0.2, 0) is 11.3 Å². The van der Waals surface area contributed by atoms with Gasteiger partial charge in [0.05, 0.1) is 17.1 Å². The average molecular weight is 476 g/mol. The predicted octanol–water partition coefficient (Wildman–Crippen LogP) is 6.41. The van der Waals surface area contributed by atoms with Crippen LogP contribution in [0.2, 0.25) is 5.02 Å². The Morgan fingerprint density at radius 1 is 0.970 bits per heavy atom. The van der Waals surface area contributed by atoms with Gasteiger partial charge in [-0.15, -0.1) is 22.0 Å². The molecule has 1 aliphatic carbocycles. The summed E-state index contributed by atoms with van der Waals surface area (Å²) >= 11 is 7.84. The Balaban J connectivity index is 1.41. The maximum Gasteiger partial charge on any atom is 0.249 e. The van der Waals surface area contributed by atoms with Crippen LogP contribution >= 0.6 is 23.4 Å². The van der Waals surface area contributed by atoms with E-state index in [-0.39, 0.29) is 23.7 Å². The topological polar surface area (TPSA) is 59.2 Å². The first-order valence-electron chi connectivity index (χ1n) is 10.8. The van der Waals surface area contributed by atoms with E-state index in [1.165, 1.54) is 0 Å². The average Bonchev–Trinajstić information content (AvgIpc) is 3.60. The normalized spacial score (nSPS) is 14.1. The van der Waals surface area contributed by atoms with Crippen molar-refractivity contribution in [2.24, 2.45) is 0 Å². The SMILES string of the molecule is O=C(C(Sc1ccccc1)c1ccccc1)N(Cc1nnc(-c2ccccc2Cl)o1)C1CC1. The van der Waals surface area contributed by atoms with E-state index in [9.17, 15) is 4.79 Å². The Labute approximate surface area is 201 Å². The molecule has 1 heterocycles. The van der Waals surface area contributed by atoms with Gasteiger partial charge in [0.2, 0.25) is 17.7 Å². The van der Waals surface area contributed by atoms with E-state index in [0.717, 1.165) is 23.3 Å². The van der Waals surface area contributed by atoms with Crippen LogP contribution in [0.3, 0.4) is 0 Å². The first-order valence-corrected chi connectivity index (χ1v) is 12.1. The first kappa shape index (κ1) is 21.7. The monoisotopic (exact) mass is 475 g/mol. The number of benzene rings is 3. The highest BCUT2D eigenvalue weighted by Crippen LogP contribution is 2.40. The molecule has 0 aliphatic heterocycles. The van der Waals surface area contributed by atoms with E-state index in [1.54, 1.807) is 17.8 Å². The van der Waals surface area contributed by atoms with Gasteiger partial charge < -0.3 is 9.32 Å². The summed E-state index contributed by atoms with van der Waals surface area (Å²) in [6, 6.07) is 27.5. The van der Waals surface area contributed by atoms with Crippen molar-refractivity contribution in [3.8, 4) is 11.5 Å². The second-order valence-corrected chi connectivity index (χ2v) is 9.49. The van der Waals surface area contributed by atoms with E-state index < -0.39 is 0 Å². The highest BCUT2D eigenvalue weighted by atomic mass is 35.5. The molecule has 0 saturated heterocycles. The van der Waals surface area contributed by atoms with Gasteiger partial charge in [0, 0.05) is 10.9 Å². The first-order chi connectivity index (χ1) is 16.2. The van der Waals surface area contributed by atoms with E-state index in [0.29, 0.717) is 22.4 Å². The number of carbonyl (C=O) groups excluding carboxylic acids is 1. The largest absolute Gasteiger partial charge is 0.419 e. The summed E-state index contributed by atoms with van der Waals surface area (Å²) in [5, 5.41) is 8.56. The molecule has 1 fully saturated rings. The van der Waals surface area contributed by atoms with Crippen LogP contribution < -0.4 is 0 Å². The molecule has 3 aromatic carbocycles. The molecule has 5 nitrogen and oxygen atoms in total. The molecule has 0 radical (unpaired) electrons. The molecule has 1 atom stereocenters. The molecule has 33 heavy (non-hydrogen) atoms. The van der Waals surface area contributed by atoms with Crippen molar-refractivity contribution in [3.63, 3.8) is 0 Å². The van der Waals surface area contributed by atoms with Gasteiger partial charge in [0.25, 0.3) is 0 Å². The van der Waals surface area contributed by atoms with Crippen LogP contribution in [0, 0.1) is 0 Å². The number of thioether (sulfide) groups is 1. The third-order valence-electron chi connectivity index (χ3n) is 5.47. The van der Waals surface area contributed by atoms with Crippen LogP contribution in [0.5, 0.6) is 0 Å². The molecule has 7 heteroatoms. The highest BCUT2D eigenvalue weighted by molar-refractivity contribution is 8.00. The number of halogens is 1. The number of rotatable bonds is 8. The highest BCUT2D eigenvalue weighted by Gasteiger charge is 2.38. The second-order valence-electron chi connectivity index (χ2n) is 7.90. The number of hydrogen-bond donors (Lipinski definition) is 0. The number of amides is 1. The molecule has 166 valence electrons. The minimum Gasteiger partial charge on any atom is -0.419 e. The summed E-state index contributed by atoms with van der Waals surface area (Å²) in [7, 11) is 0. The van der Waals surface area contributed by atoms with Crippen molar-refractivity contribution in [1.29, 1.82) is 0 Å². The molecule has 1 aromatic heterocycles. The quantitative estimate of drug-likeness (QED) is 0.275. The van der Waals surface area contributed by atoms with Crippen molar-refractivity contribution in [2.75, 3.05) is 0 Å². The summed E-state index contributed by atoms with van der Waals surface area (Å²) in [6.07, 6.45) is 1.96. The number of nitrogens with zero attached hydrogens (tertiary/aromatic N) is 3. The zero-order valence-corrected chi connectivity index (χ0v) is 19.4. The molecule has 1 aliphatic rings. The van der Waals surface area contributed by atoms with Gasteiger partial charge in [-0.3, -0.25) is 4.79 Å². The fourth-order valence-electron chi connectivity index (χ4n) is 3.65. The smallest absolute Gasteiger partial charge is 0.249 e. The standard InChI is InChI=1S/C26H22ClN3O2S/c27-22-14-8-7-13-21(22)25-29-28-23(32-25)17-30(19-15-16-19)26(31)24(18-9-3-1-4-10-18)33-20-11-5-2-6-12-20/h1-14,19,24H,15-17H2. The molecule has 0 spiro atoms. The zero-order valence-electron chi connectivity index (χ0n) is 17.8. The van der Waals surface area contributed by atoms with Crippen LogP contribution in [0.25, 0.3) is 11.5 Å². The molecule has 4 aromatic rings. The van der Waals surface area contributed by atoms with Gasteiger partial charge in [0.15, 0.2) is 0 Å². The van der Waals surface area contributed by atoms with Gasteiger partial charge in [-0.2, -0.15) is 0 Å². The van der Waals surface area contributed by atoms with E-state index in [2.05, 4.69) is 10.2 Å². The van der Waals surface area contributed by atoms with Crippen LogP contribution in [-0.4, -0.2) is 27.0 Å². The Morgan fingerprint density at radius 3 is 2.33 bits per heavy atom. The maximum absolute atomic E-state index is 13.9. The minimum absolute atomic E-state index is 0.0510. The number of hydrogen-bond acceptors (Lipinski definition) is 5. The summed E-state index contributed by atoms with van der Waals surface area (Å²) in [5.74, 6) is 0.814. The van der Waals surface area contributed by atoms with E-state index >= 15 is 0 Å². The van der Waals surface area contributed by atoms with Gasteiger partial charge >= 0.3 is 0 Å². The third kappa shape index (κ3) is 5.13. The number of carbonyl (C=O) groups is 1. The predicted molar refractivity (Wildman–Crippen MR) is 130 cm³/mol. The third-order valence-corrected chi connectivity index (χ3v) is 7.05. The Kier molecular flexibility index (Phi) is 6.46. The van der Waals surface area contributed by atoms with Gasteiger partial charge in [0.1, 0.15) is 5.25 Å². The fourth-order valence-corrected chi connectivity index (χ4v) is 4.99. The Bertz CT molecular complexity index is 1230. The summed E-state index contributed by atoms with van der Waals surface area (Å²) in [6.45, 7) is 0.277. The van der Waals surface area contributed by atoms with Crippen molar-refractivity contribution in [1.82, 2.24) is 15.1 Å². The molecule has 1 unspecified atom stereocenters. The lowest BCUT2D eigenvalue weighted by Gasteiger charge is -2.26. The summed E-state index contributed by atoms with van der Waals surface area (Å²) in [4.78, 5) is 16.8. The Morgan fingerprint density at radius 2 is 1.64 bits per heavy atom. The Hall–Kier alpha value is -3.09.